The topological polar surface area (TPSA) is 31.4 Å². The molecular weight excluding hydrogens is 305 g/mol. The second-order valence-corrected chi connectivity index (χ2v) is 4.52. The van der Waals surface area contributed by atoms with Gasteiger partial charge in [-0.15, -0.1) is 0 Å². The number of pyridine rings is 1. The van der Waals surface area contributed by atoms with Gasteiger partial charge in [-0.05, 0) is 34.1 Å². The zero-order valence-electron chi connectivity index (χ0n) is 8.98. The van der Waals surface area contributed by atoms with Crippen LogP contribution in [0.25, 0.3) is 0 Å². The SMILES string of the molecule is COc1ccccc1Oc1ncc(Br)cc1Cl. The van der Waals surface area contributed by atoms with Gasteiger partial charge in [0.05, 0.1) is 7.11 Å². The normalized spacial score (nSPS) is 10.1. The summed E-state index contributed by atoms with van der Waals surface area (Å²) < 4.78 is 11.6. The van der Waals surface area contributed by atoms with Gasteiger partial charge in [0.15, 0.2) is 11.5 Å². The Bertz CT molecular complexity index is 534. The molecule has 2 aromatic rings. The fourth-order valence-electron chi connectivity index (χ4n) is 1.28. The van der Waals surface area contributed by atoms with Gasteiger partial charge < -0.3 is 9.47 Å². The van der Waals surface area contributed by atoms with Crippen LogP contribution < -0.4 is 9.47 Å². The molecule has 0 bridgehead atoms. The molecule has 0 atom stereocenters. The zero-order valence-corrected chi connectivity index (χ0v) is 11.3. The molecule has 0 unspecified atom stereocenters. The number of ether oxygens (including phenoxy) is 2. The molecule has 0 aliphatic heterocycles. The molecule has 1 heterocycles. The number of aromatic nitrogens is 1. The minimum atomic E-state index is 0.347. The Morgan fingerprint density at radius 3 is 2.59 bits per heavy atom. The maximum absolute atomic E-state index is 6.02. The van der Waals surface area contributed by atoms with E-state index >= 15 is 0 Å². The van der Waals surface area contributed by atoms with Crippen LogP contribution in [0.1, 0.15) is 0 Å². The Hall–Kier alpha value is -1.26. The van der Waals surface area contributed by atoms with Gasteiger partial charge in [-0.3, -0.25) is 0 Å². The van der Waals surface area contributed by atoms with Crippen LogP contribution in [0.5, 0.6) is 17.4 Å². The Morgan fingerprint density at radius 2 is 1.94 bits per heavy atom. The first-order valence-corrected chi connectivity index (χ1v) is 5.99. The Morgan fingerprint density at radius 1 is 1.24 bits per heavy atom. The van der Waals surface area contributed by atoms with Crippen molar-refractivity contribution in [3.05, 3.63) is 46.0 Å². The molecule has 2 rings (SSSR count). The van der Waals surface area contributed by atoms with Crippen molar-refractivity contribution in [1.29, 1.82) is 0 Å². The maximum atomic E-state index is 6.02. The second-order valence-electron chi connectivity index (χ2n) is 3.19. The predicted molar refractivity (Wildman–Crippen MR) is 70.0 cm³/mol. The first-order chi connectivity index (χ1) is 8.20. The molecule has 0 amide bonds. The fraction of sp³-hybridized carbons (Fsp3) is 0.0833. The lowest BCUT2D eigenvalue weighted by Gasteiger charge is -2.10. The summed E-state index contributed by atoms with van der Waals surface area (Å²) in [6, 6.07) is 9.03. The minimum absolute atomic E-state index is 0.347. The number of para-hydroxylation sites is 2. The largest absolute Gasteiger partial charge is 0.493 e. The van der Waals surface area contributed by atoms with Crippen LogP contribution in [0.3, 0.4) is 0 Å². The molecule has 1 aromatic carbocycles. The molecule has 5 heteroatoms. The number of hydrogen-bond acceptors (Lipinski definition) is 3. The molecule has 0 fully saturated rings. The molecule has 0 saturated carbocycles. The standard InChI is InChI=1S/C12H9BrClNO2/c1-16-10-4-2-3-5-11(10)17-12-9(14)6-8(13)7-15-12/h2-7H,1H3. The second kappa shape index (κ2) is 5.38. The van der Waals surface area contributed by atoms with Gasteiger partial charge in [0.1, 0.15) is 5.02 Å². The van der Waals surface area contributed by atoms with Gasteiger partial charge in [-0.2, -0.15) is 0 Å². The van der Waals surface area contributed by atoms with Crippen molar-refractivity contribution in [2.45, 2.75) is 0 Å². The first-order valence-electron chi connectivity index (χ1n) is 4.82. The van der Waals surface area contributed by atoms with Gasteiger partial charge in [-0.25, -0.2) is 4.98 Å². The lowest BCUT2D eigenvalue weighted by Crippen LogP contribution is -1.92. The number of hydrogen-bond donors (Lipinski definition) is 0. The van der Waals surface area contributed by atoms with E-state index in [0.29, 0.717) is 22.4 Å². The summed E-state index contributed by atoms with van der Waals surface area (Å²) in [6.45, 7) is 0. The number of halogens is 2. The summed E-state index contributed by atoms with van der Waals surface area (Å²) >= 11 is 9.30. The van der Waals surface area contributed by atoms with Crippen LogP contribution >= 0.6 is 27.5 Å². The highest BCUT2D eigenvalue weighted by Gasteiger charge is 2.08. The summed E-state index contributed by atoms with van der Waals surface area (Å²) in [7, 11) is 1.58. The summed E-state index contributed by atoms with van der Waals surface area (Å²) in [5.74, 6) is 1.55. The summed E-state index contributed by atoms with van der Waals surface area (Å²) in [6.07, 6.45) is 1.62. The molecule has 0 aliphatic carbocycles. The van der Waals surface area contributed by atoms with Crippen LogP contribution in [0.2, 0.25) is 5.02 Å². The van der Waals surface area contributed by atoms with Crippen molar-refractivity contribution in [1.82, 2.24) is 4.98 Å². The molecule has 3 nitrogen and oxygen atoms in total. The van der Waals surface area contributed by atoms with E-state index in [1.807, 2.05) is 18.2 Å². The van der Waals surface area contributed by atoms with Gasteiger partial charge in [0.25, 0.3) is 0 Å². The van der Waals surface area contributed by atoms with Crippen LogP contribution in [0, 0.1) is 0 Å². The van der Waals surface area contributed by atoms with Crippen LogP contribution in [-0.2, 0) is 0 Å². The van der Waals surface area contributed by atoms with Gasteiger partial charge in [-0.1, -0.05) is 23.7 Å². The average molecular weight is 315 g/mol. The van der Waals surface area contributed by atoms with Crippen molar-refractivity contribution < 1.29 is 9.47 Å². The van der Waals surface area contributed by atoms with Crippen LogP contribution in [0.4, 0.5) is 0 Å². The number of benzene rings is 1. The van der Waals surface area contributed by atoms with Crippen LogP contribution in [0.15, 0.2) is 41.0 Å². The Kier molecular flexibility index (Phi) is 3.86. The first kappa shape index (κ1) is 12.2. The molecular formula is C12H9BrClNO2. The zero-order chi connectivity index (χ0) is 12.3. The Balaban J connectivity index is 2.31. The molecule has 0 radical (unpaired) electrons. The van der Waals surface area contributed by atoms with E-state index in [2.05, 4.69) is 20.9 Å². The lowest BCUT2D eigenvalue weighted by molar-refractivity contribution is 0.374. The Labute approximate surface area is 112 Å². The molecule has 1 aromatic heterocycles. The third-order valence-corrected chi connectivity index (χ3v) is 2.75. The summed E-state index contributed by atoms with van der Waals surface area (Å²) in [5.41, 5.74) is 0. The van der Waals surface area contributed by atoms with Gasteiger partial charge >= 0.3 is 0 Å². The third kappa shape index (κ3) is 2.90. The van der Waals surface area contributed by atoms with E-state index in [4.69, 9.17) is 21.1 Å². The summed E-state index contributed by atoms with van der Waals surface area (Å²) in [4.78, 5) is 4.09. The highest BCUT2D eigenvalue weighted by Crippen LogP contribution is 2.34. The van der Waals surface area contributed by atoms with Crippen molar-refractivity contribution in [3.63, 3.8) is 0 Å². The molecule has 0 spiro atoms. The van der Waals surface area contributed by atoms with Crippen molar-refractivity contribution >= 4 is 27.5 Å². The van der Waals surface area contributed by atoms with E-state index in [0.717, 1.165) is 4.47 Å². The van der Waals surface area contributed by atoms with Crippen molar-refractivity contribution in [3.8, 4) is 17.4 Å². The number of methoxy groups -OCH3 is 1. The number of nitrogens with zero attached hydrogens (tertiary/aromatic N) is 1. The fourth-order valence-corrected chi connectivity index (χ4v) is 1.95. The van der Waals surface area contributed by atoms with E-state index in [-0.39, 0.29) is 0 Å². The molecule has 88 valence electrons. The van der Waals surface area contributed by atoms with Gasteiger partial charge in [0, 0.05) is 10.7 Å². The molecule has 0 saturated heterocycles. The monoisotopic (exact) mass is 313 g/mol. The van der Waals surface area contributed by atoms with E-state index < -0.39 is 0 Å². The maximum Gasteiger partial charge on any atom is 0.238 e. The van der Waals surface area contributed by atoms with Gasteiger partial charge in [0.2, 0.25) is 5.88 Å². The van der Waals surface area contributed by atoms with E-state index in [1.165, 1.54) is 0 Å². The van der Waals surface area contributed by atoms with Crippen LogP contribution in [-0.4, -0.2) is 12.1 Å². The molecule has 17 heavy (non-hydrogen) atoms. The lowest BCUT2D eigenvalue weighted by atomic mass is 10.3. The molecule has 0 aliphatic rings. The summed E-state index contributed by atoms with van der Waals surface area (Å²) in [5, 5.41) is 0.435. The molecule has 0 N–H and O–H groups in total. The van der Waals surface area contributed by atoms with E-state index in [9.17, 15) is 0 Å². The highest BCUT2D eigenvalue weighted by molar-refractivity contribution is 9.10. The average Bonchev–Trinajstić information content (AvgIpc) is 2.33. The smallest absolute Gasteiger partial charge is 0.238 e. The van der Waals surface area contributed by atoms with E-state index in [1.54, 1.807) is 25.4 Å². The minimum Gasteiger partial charge on any atom is -0.493 e. The number of rotatable bonds is 3. The quantitative estimate of drug-likeness (QED) is 0.846. The predicted octanol–water partition coefficient (Wildman–Crippen LogP) is 4.30. The highest BCUT2D eigenvalue weighted by atomic mass is 79.9. The third-order valence-electron chi connectivity index (χ3n) is 2.05. The van der Waals surface area contributed by atoms with Crippen molar-refractivity contribution in [2.24, 2.45) is 0 Å². The van der Waals surface area contributed by atoms with Crippen molar-refractivity contribution in [2.75, 3.05) is 7.11 Å².